The van der Waals surface area contributed by atoms with E-state index in [9.17, 15) is 4.79 Å². The van der Waals surface area contributed by atoms with Crippen molar-refractivity contribution in [2.75, 3.05) is 0 Å². The maximum absolute atomic E-state index is 11.9. The molecule has 1 atom stereocenters. The van der Waals surface area contributed by atoms with Crippen molar-refractivity contribution in [3.63, 3.8) is 0 Å². The highest BCUT2D eigenvalue weighted by Crippen LogP contribution is 2.09. The number of alkyl carbamates (subject to hydrolysis) is 1. The highest BCUT2D eigenvalue weighted by atomic mass is 28.3. The molecule has 0 aromatic heterocycles. The Morgan fingerprint density at radius 3 is 2.29 bits per heavy atom. The number of ether oxygens (including phenoxy) is 1. The SMILES string of the molecule is CCCCCC[C@H](C#C[Si](C)(C)C)NC(=O)OC(C)(C)C. The molecule has 1 N–H and O–H groups in total. The minimum absolute atomic E-state index is 0.0940. The Bertz CT molecular complexity index is 369. The van der Waals surface area contributed by atoms with Gasteiger partial charge in [0.15, 0.2) is 0 Å². The van der Waals surface area contributed by atoms with Crippen LogP contribution in [0.25, 0.3) is 0 Å². The molecule has 122 valence electrons. The summed E-state index contributed by atoms with van der Waals surface area (Å²) in [5, 5.41) is 2.91. The number of carbonyl (C=O) groups excluding carboxylic acids is 1. The van der Waals surface area contributed by atoms with E-state index >= 15 is 0 Å². The van der Waals surface area contributed by atoms with E-state index in [-0.39, 0.29) is 12.1 Å². The molecule has 0 aliphatic carbocycles. The summed E-state index contributed by atoms with van der Waals surface area (Å²) in [4.78, 5) is 11.9. The van der Waals surface area contributed by atoms with Gasteiger partial charge in [-0.25, -0.2) is 4.79 Å². The summed E-state index contributed by atoms with van der Waals surface area (Å²) >= 11 is 0. The summed E-state index contributed by atoms with van der Waals surface area (Å²) < 4.78 is 5.32. The number of amides is 1. The van der Waals surface area contributed by atoms with E-state index in [4.69, 9.17) is 4.74 Å². The van der Waals surface area contributed by atoms with E-state index in [1.165, 1.54) is 19.3 Å². The molecule has 0 aromatic rings. The Labute approximate surface area is 132 Å². The summed E-state index contributed by atoms with van der Waals surface area (Å²) in [6.45, 7) is 14.4. The molecule has 0 radical (unpaired) electrons. The van der Waals surface area contributed by atoms with Crippen molar-refractivity contribution < 1.29 is 9.53 Å². The molecule has 0 aliphatic heterocycles. The molecule has 0 saturated carbocycles. The van der Waals surface area contributed by atoms with Crippen molar-refractivity contribution in [2.45, 2.75) is 91.1 Å². The normalized spacial score (nSPS) is 13.1. The molecular formula is C17H33NO2Si. The van der Waals surface area contributed by atoms with Crippen molar-refractivity contribution in [1.29, 1.82) is 0 Å². The van der Waals surface area contributed by atoms with Crippen LogP contribution in [0.1, 0.15) is 59.8 Å². The van der Waals surface area contributed by atoms with Gasteiger partial charge in [0.25, 0.3) is 0 Å². The van der Waals surface area contributed by atoms with Crippen molar-refractivity contribution in [1.82, 2.24) is 5.32 Å². The Morgan fingerprint density at radius 1 is 1.19 bits per heavy atom. The molecule has 0 fully saturated rings. The molecule has 0 heterocycles. The van der Waals surface area contributed by atoms with Gasteiger partial charge in [-0.15, -0.1) is 5.54 Å². The van der Waals surface area contributed by atoms with E-state index in [2.05, 4.69) is 43.3 Å². The Kier molecular flexibility index (Phi) is 8.73. The fourth-order valence-corrected chi connectivity index (χ4v) is 2.32. The highest BCUT2D eigenvalue weighted by molar-refractivity contribution is 6.83. The van der Waals surface area contributed by atoms with Gasteiger partial charge in [-0.05, 0) is 27.2 Å². The summed E-state index contributed by atoms with van der Waals surface area (Å²) in [7, 11) is -1.43. The highest BCUT2D eigenvalue weighted by Gasteiger charge is 2.18. The number of hydrogen-bond acceptors (Lipinski definition) is 2. The Hall–Kier alpha value is -0.953. The van der Waals surface area contributed by atoms with Crippen LogP contribution in [0.4, 0.5) is 4.79 Å². The van der Waals surface area contributed by atoms with Crippen LogP contribution < -0.4 is 5.32 Å². The molecule has 0 saturated heterocycles. The lowest BCUT2D eigenvalue weighted by Crippen LogP contribution is -2.38. The van der Waals surface area contributed by atoms with Crippen LogP contribution in [-0.2, 0) is 4.74 Å². The van der Waals surface area contributed by atoms with Gasteiger partial charge in [-0.2, -0.15) is 0 Å². The molecule has 0 aliphatic rings. The second kappa shape index (κ2) is 9.14. The first-order valence-electron chi connectivity index (χ1n) is 8.06. The van der Waals surface area contributed by atoms with Crippen LogP contribution in [0.3, 0.4) is 0 Å². The van der Waals surface area contributed by atoms with E-state index in [0.29, 0.717) is 0 Å². The van der Waals surface area contributed by atoms with Gasteiger partial charge in [0.05, 0.1) is 6.04 Å². The third kappa shape index (κ3) is 13.8. The molecule has 0 spiro atoms. The first-order valence-corrected chi connectivity index (χ1v) is 11.6. The third-order valence-corrected chi connectivity index (χ3v) is 3.55. The van der Waals surface area contributed by atoms with Gasteiger partial charge < -0.3 is 10.1 Å². The van der Waals surface area contributed by atoms with Gasteiger partial charge in [0, 0.05) is 0 Å². The van der Waals surface area contributed by atoms with E-state index < -0.39 is 13.7 Å². The summed E-state index contributed by atoms with van der Waals surface area (Å²) in [5.41, 5.74) is 2.88. The lowest BCUT2D eigenvalue weighted by molar-refractivity contribution is 0.0514. The molecule has 0 aromatic carbocycles. The van der Waals surface area contributed by atoms with Gasteiger partial charge >= 0.3 is 6.09 Å². The van der Waals surface area contributed by atoms with E-state index in [1.807, 2.05) is 20.8 Å². The first kappa shape index (κ1) is 20.0. The number of nitrogens with one attached hydrogen (secondary N) is 1. The minimum atomic E-state index is -1.43. The number of carbonyl (C=O) groups is 1. The zero-order valence-corrected chi connectivity index (χ0v) is 15.9. The van der Waals surface area contributed by atoms with Crippen LogP contribution in [0, 0.1) is 11.5 Å². The maximum Gasteiger partial charge on any atom is 0.408 e. The minimum Gasteiger partial charge on any atom is -0.444 e. The van der Waals surface area contributed by atoms with Crippen LogP contribution in [0.15, 0.2) is 0 Å². The van der Waals surface area contributed by atoms with Gasteiger partial charge in [-0.1, -0.05) is 58.2 Å². The smallest absolute Gasteiger partial charge is 0.408 e. The van der Waals surface area contributed by atoms with Gasteiger partial charge in [0.2, 0.25) is 0 Å². The monoisotopic (exact) mass is 311 g/mol. The van der Waals surface area contributed by atoms with Crippen LogP contribution >= 0.6 is 0 Å². The Balaban J connectivity index is 4.56. The molecule has 0 rings (SSSR count). The molecule has 0 unspecified atom stereocenters. The van der Waals surface area contributed by atoms with Crippen molar-refractivity contribution in [3.05, 3.63) is 0 Å². The fraction of sp³-hybridized carbons (Fsp3) is 0.824. The zero-order chi connectivity index (χ0) is 16.5. The second-order valence-electron chi connectivity index (χ2n) is 7.57. The summed E-state index contributed by atoms with van der Waals surface area (Å²) in [6.07, 6.45) is 5.27. The topological polar surface area (TPSA) is 38.3 Å². The molecular weight excluding hydrogens is 278 g/mol. The number of rotatable bonds is 6. The average Bonchev–Trinajstić information content (AvgIpc) is 2.27. The average molecular weight is 312 g/mol. The molecule has 1 amide bonds. The van der Waals surface area contributed by atoms with E-state index in [1.54, 1.807) is 0 Å². The predicted octanol–water partition coefficient (Wildman–Crippen LogP) is 4.73. The quantitative estimate of drug-likeness (QED) is 0.437. The summed E-state index contributed by atoms with van der Waals surface area (Å²) in [5.74, 6) is 3.25. The lowest BCUT2D eigenvalue weighted by atomic mass is 10.1. The molecule has 0 bridgehead atoms. The van der Waals surface area contributed by atoms with E-state index in [0.717, 1.165) is 12.8 Å². The summed E-state index contributed by atoms with van der Waals surface area (Å²) in [6, 6.07) is -0.0940. The first-order chi connectivity index (χ1) is 9.53. The lowest BCUT2D eigenvalue weighted by Gasteiger charge is -2.22. The number of hydrogen-bond donors (Lipinski definition) is 1. The third-order valence-electron chi connectivity index (χ3n) is 2.66. The van der Waals surface area contributed by atoms with Crippen LogP contribution in [0.2, 0.25) is 19.6 Å². The standard InChI is InChI=1S/C17H33NO2Si/c1-8-9-10-11-12-15(13-14-21(5,6)7)18-16(19)20-17(2,3)4/h15H,8-12H2,1-7H3,(H,18,19)/t15-/m1/s1. The predicted molar refractivity (Wildman–Crippen MR) is 93.0 cm³/mol. The van der Waals surface area contributed by atoms with Crippen LogP contribution in [0.5, 0.6) is 0 Å². The van der Waals surface area contributed by atoms with Gasteiger partial charge in [-0.3, -0.25) is 0 Å². The Morgan fingerprint density at radius 2 is 1.81 bits per heavy atom. The zero-order valence-electron chi connectivity index (χ0n) is 14.9. The maximum atomic E-state index is 11.9. The molecule has 3 nitrogen and oxygen atoms in total. The fourth-order valence-electron chi connectivity index (χ4n) is 1.71. The number of unbranched alkanes of at least 4 members (excludes halogenated alkanes) is 3. The van der Waals surface area contributed by atoms with Crippen molar-refractivity contribution in [2.24, 2.45) is 0 Å². The van der Waals surface area contributed by atoms with Crippen molar-refractivity contribution >= 4 is 14.2 Å². The van der Waals surface area contributed by atoms with Gasteiger partial charge in [0.1, 0.15) is 13.7 Å². The van der Waals surface area contributed by atoms with Crippen LogP contribution in [-0.4, -0.2) is 25.8 Å². The second-order valence-corrected chi connectivity index (χ2v) is 12.3. The molecule has 4 heteroatoms. The largest absolute Gasteiger partial charge is 0.444 e. The van der Waals surface area contributed by atoms with Crippen molar-refractivity contribution in [3.8, 4) is 11.5 Å². The molecule has 21 heavy (non-hydrogen) atoms.